The van der Waals surface area contributed by atoms with Gasteiger partial charge in [-0.1, -0.05) is 27.4 Å². The Morgan fingerprint density at radius 1 is 1.17 bits per heavy atom. The van der Waals surface area contributed by atoms with Crippen molar-refractivity contribution in [3.63, 3.8) is 0 Å². The van der Waals surface area contributed by atoms with Crippen LogP contribution in [0.2, 0.25) is 0 Å². The van der Waals surface area contributed by atoms with Crippen LogP contribution in [0.3, 0.4) is 0 Å². The van der Waals surface area contributed by atoms with Crippen molar-refractivity contribution < 1.29 is 0 Å². The summed E-state index contributed by atoms with van der Waals surface area (Å²) in [6.07, 6.45) is 0. The molecule has 0 N–H and O–H groups in total. The van der Waals surface area contributed by atoms with Crippen LogP contribution >= 0.6 is 0 Å². The minimum absolute atomic E-state index is 0.586. The van der Waals surface area contributed by atoms with Gasteiger partial charge in [0.25, 0.3) is 0 Å². The Morgan fingerprint density at radius 2 is 1.58 bits per heavy atom. The first kappa shape index (κ1) is 11.5. The highest BCUT2D eigenvalue weighted by Gasteiger charge is 2.18. The van der Waals surface area contributed by atoms with Crippen LogP contribution in [0.1, 0.15) is 34.6 Å². The minimum atomic E-state index is 0.586. The van der Waals surface area contributed by atoms with Crippen molar-refractivity contribution in [2.45, 2.75) is 40.7 Å². The molecule has 0 radical (unpaired) electrons. The summed E-state index contributed by atoms with van der Waals surface area (Å²) in [5, 5.41) is 0. The van der Waals surface area contributed by atoms with Crippen molar-refractivity contribution in [2.75, 3.05) is 7.05 Å². The maximum Gasteiger partial charge on any atom is 0.0283 e. The van der Waals surface area contributed by atoms with Crippen LogP contribution < -0.4 is 0 Å². The number of nitrogens with zero attached hydrogens (tertiary/aromatic N) is 1. The fraction of sp³-hybridized carbons (Fsp3) is 0.818. The highest BCUT2D eigenvalue weighted by Crippen LogP contribution is 2.19. The first-order chi connectivity index (χ1) is 5.37. The molecule has 0 aliphatic carbocycles. The largest absolute Gasteiger partial charge is 0.376 e. The lowest BCUT2D eigenvalue weighted by Crippen LogP contribution is -2.34. The van der Waals surface area contributed by atoms with E-state index in [1.165, 1.54) is 0 Å². The van der Waals surface area contributed by atoms with Crippen molar-refractivity contribution in [1.29, 1.82) is 0 Å². The summed E-state index contributed by atoms with van der Waals surface area (Å²) in [7, 11) is 2.12. The van der Waals surface area contributed by atoms with Gasteiger partial charge in [-0.25, -0.2) is 0 Å². The van der Waals surface area contributed by atoms with Crippen molar-refractivity contribution >= 4 is 0 Å². The standard InChI is InChI=1S/C11H23N/c1-8(2)10(5)11(6)12(7)9(3)4/h8,10-11H,3H2,1-2,4-7H3. The lowest BCUT2D eigenvalue weighted by Gasteiger charge is -2.33. The van der Waals surface area contributed by atoms with Gasteiger partial charge in [-0.3, -0.25) is 0 Å². The molecule has 0 amide bonds. The molecule has 0 fully saturated rings. The Kier molecular flexibility index (Phi) is 4.36. The minimum Gasteiger partial charge on any atom is -0.376 e. The number of rotatable bonds is 4. The zero-order chi connectivity index (χ0) is 9.89. The number of hydrogen-bond acceptors (Lipinski definition) is 1. The second kappa shape index (κ2) is 4.54. The van der Waals surface area contributed by atoms with Gasteiger partial charge < -0.3 is 4.90 Å². The van der Waals surface area contributed by atoms with E-state index in [1.807, 2.05) is 0 Å². The van der Waals surface area contributed by atoms with E-state index in [9.17, 15) is 0 Å². The number of allylic oxidation sites excluding steroid dienone is 1. The lowest BCUT2D eigenvalue weighted by atomic mass is 9.90. The molecular weight excluding hydrogens is 146 g/mol. The SMILES string of the molecule is C=C(C)N(C)C(C)C(C)C(C)C. The van der Waals surface area contributed by atoms with Gasteiger partial charge in [0, 0.05) is 18.8 Å². The molecule has 0 heterocycles. The smallest absolute Gasteiger partial charge is 0.0283 e. The fourth-order valence-electron chi connectivity index (χ4n) is 1.26. The van der Waals surface area contributed by atoms with E-state index in [4.69, 9.17) is 0 Å². The average molecular weight is 169 g/mol. The van der Waals surface area contributed by atoms with Gasteiger partial charge in [0.1, 0.15) is 0 Å². The van der Waals surface area contributed by atoms with Gasteiger partial charge >= 0.3 is 0 Å². The molecule has 0 spiro atoms. The Balaban J connectivity index is 4.18. The Bertz CT molecular complexity index is 149. The van der Waals surface area contributed by atoms with E-state index in [2.05, 4.69) is 53.1 Å². The normalized spacial score (nSPS) is 15.9. The molecule has 0 aromatic heterocycles. The quantitative estimate of drug-likeness (QED) is 0.625. The summed E-state index contributed by atoms with van der Waals surface area (Å²) in [5.74, 6) is 1.45. The first-order valence-corrected chi connectivity index (χ1v) is 4.76. The monoisotopic (exact) mass is 169 g/mol. The molecule has 12 heavy (non-hydrogen) atoms. The van der Waals surface area contributed by atoms with Gasteiger partial charge in [-0.15, -0.1) is 0 Å². The van der Waals surface area contributed by atoms with Gasteiger partial charge in [-0.2, -0.15) is 0 Å². The molecule has 0 rings (SSSR count). The van der Waals surface area contributed by atoms with Crippen molar-refractivity contribution in [3.05, 3.63) is 12.3 Å². The van der Waals surface area contributed by atoms with Crippen LogP contribution in [0.25, 0.3) is 0 Å². The molecule has 2 atom stereocenters. The van der Waals surface area contributed by atoms with Crippen LogP contribution in [-0.4, -0.2) is 18.0 Å². The Morgan fingerprint density at radius 3 is 1.83 bits per heavy atom. The van der Waals surface area contributed by atoms with E-state index < -0.39 is 0 Å². The molecule has 0 bridgehead atoms. The predicted octanol–water partition coefficient (Wildman–Crippen LogP) is 3.13. The molecular formula is C11H23N. The average Bonchev–Trinajstić information content (AvgIpc) is 2.00. The molecule has 0 aromatic rings. The molecule has 0 aliphatic rings. The van der Waals surface area contributed by atoms with Gasteiger partial charge in [0.05, 0.1) is 0 Å². The zero-order valence-corrected chi connectivity index (χ0v) is 9.39. The summed E-state index contributed by atoms with van der Waals surface area (Å²) in [6.45, 7) is 15.1. The Labute approximate surface area is 77.5 Å². The molecule has 0 aliphatic heterocycles. The van der Waals surface area contributed by atoms with Gasteiger partial charge in [-0.05, 0) is 25.7 Å². The molecule has 0 aromatic carbocycles. The molecule has 1 nitrogen and oxygen atoms in total. The predicted molar refractivity (Wildman–Crippen MR) is 56.0 cm³/mol. The first-order valence-electron chi connectivity index (χ1n) is 4.76. The molecule has 0 saturated heterocycles. The van der Waals surface area contributed by atoms with E-state index in [0.29, 0.717) is 12.0 Å². The molecule has 2 unspecified atom stereocenters. The maximum atomic E-state index is 3.94. The van der Waals surface area contributed by atoms with Crippen LogP contribution in [0.5, 0.6) is 0 Å². The van der Waals surface area contributed by atoms with Crippen molar-refractivity contribution in [2.24, 2.45) is 11.8 Å². The van der Waals surface area contributed by atoms with E-state index in [1.54, 1.807) is 0 Å². The van der Waals surface area contributed by atoms with Gasteiger partial charge in [0.15, 0.2) is 0 Å². The van der Waals surface area contributed by atoms with E-state index in [-0.39, 0.29) is 0 Å². The van der Waals surface area contributed by atoms with Crippen molar-refractivity contribution in [3.8, 4) is 0 Å². The summed E-state index contributed by atoms with van der Waals surface area (Å²) < 4.78 is 0. The highest BCUT2D eigenvalue weighted by atomic mass is 15.1. The van der Waals surface area contributed by atoms with Crippen LogP contribution in [-0.2, 0) is 0 Å². The van der Waals surface area contributed by atoms with Crippen LogP contribution in [0.15, 0.2) is 12.3 Å². The fourth-order valence-corrected chi connectivity index (χ4v) is 1.26. The topological polar surface area (TPSA) is 3.24 Å². The third-order valence-electron chi connectivity index (χ3n) is 3.03. The van der Waals surface area contributed by atoms with Crippen LogP contribution in [0.4, 0.5) is 0 Å². The molecule has 0 saturated carbocycles. The summed E-state index contributed by atoms with van der Waals surface area (Å²) in [5.41, 5.74) is 1.15. The lowest BCUT2D eigenvalue weighted by molar-refractivity contribution is 0.206. The van der Waals surface area contributed by atoms with Crippen LogP contribution in [0, 0.1) is 11.8 Å². The summed E-state index contributed by atoms with van der Waals surface area (Å²) in [4.78, 5) is 2.25. The zero-order valence-electron chi connectivity index (χ0n) is 9.39. The Hall–Kier alpha value is -0.460. The second-order valence-electron chi connectivity index (χ2n) is 4.19. The summed E-state index contributed by atoms with van der Waals surface area (Å²) in [6, 6.07) is 0.586. The highest BCUT2D eigenvalue weighted by molar-refractivity contribution is 4.90. The molecule has 1 heteroatoms. The summed E-state index contributed by atoms with van der Waals surface area (Å²) >= 11 is 0. The maximum absolute atomic E-state index is 3.94. The third-order valence-corrected chi connectivity index (χ3v) is 3.03. The van der Waals surface area contributed by atoms with Gasteiger partial charge in [0.2, 0.25) is 0 Å². The van der Waals surface area contributed by atoms with Crippen molar-refractivity contribution in [1.82, 2.24) is 4.90 Å². The number of hydrogen-bond donors (Lipinski definition) is 0. The van der Waals surface area contributed by atoms with E-state index in [0.717, 1.165) is 11.6 Å². The van der Waals surface area contributed by atoms with E-state index >= 15 is 0 Å². The molecule has 72 valence electrons. The second-order valence-corrected chi connectivity index (χ2v) is 4.19. The third kappa shape index (κ3) is 2.88.